The first-order valence-corrected chi connectivity index (χ1v) is 8.37. The molecular weight excluding hydrogens is 327 g/mol. The molecular formula is C16H24F3NO4. The van der Waals surface area contributed by atoms with Crippen LogP contribution in [0.25, 0.3) is 0 Å². The zero-order valence-corrected chi connectivity index (χ0v) is 13.5. The van der Waals surface area contributed by atoms with E-state index >= 15 is 0 Å². The summed E-state index contributed by atoms with van der Waals surface area (Å²) in [4.78, 5) is 10.0. The Kier molecular flexibility index (Phi) is 7.03. The van der Waals surface area contributed by atoms with Crippen LogP contribution in [0.2, 0.25) is 0 Å². The lowest BCUT2D eigenvalue weighted by molar-refractivity contribution is -0.553. The zero-order chi connectivity index (χ0) is 17.7. The molecule has 0 N–H and O–H groups in total. The molecule has 138 valence electrons. The highest BCUT2D eigenvalue weighted by atomic mass is 19.2. The standard InChI is InChI=1S/C16H24F3NO4/c1-2-8-23-16-13(19)15(12(18)11(17)14(16)20(21)22)24-9-10-6-4-3-5-7-10/h2,10-16H,1,3-9H2. The van der Waals surface area contributed by atoms with E-state index in [1.54, 1.807) is 0 Å². The van der Waals surface area contributed by atoms with Gasteiger partial charge in [-0.25, -0.2) is 13.2 Å². The zero-order valence-electron chi connectivity index (χ0n) is 13.5. The number of hydrogen-bond donors (Lipinski definition) is 0. The van der Waals surface area contributed by atoms with Crippen molar-refractivity contribution in [2.75, 3.05) is 13.2 Å². The van der Waals surface area contributed by atoms with Gasteiger partial charge in [0, 0.05) is 4.92 Å². The number of rotatable bonds is 7. The van der Waals surface area contributed by atoms with E-state index in [2.05, 4.69) is 6.58 Å². The van der Waals surface area contributed by atoms with Gasteiger partial charge in [0.2, 0.25) is 6.17 Å². The molecule has 0 aromatic rings. The molecule has 2 rings (SSSR count). The Labute approximate surface area is 139 Å². The summed E-state index contributed by atoms with van der Waals surface area (Å²) in [7, 11) is 0. The number of alkyl halides is 3. The molecule has 0 aliphatic heterocycles. The Hall–Kier alpha value is -1.15. The van der Waals surface area contributed by atoms with Crippen LogP contribution in [-0.2, 0) is 9.47 Å². The average Bonchev–Trinajstić information content (AvgIpc) is 2.57. The minimum Gasteiger partial charge on any atom is -0.372 e. The van der Waals surface area contributed by atoms with E-state index in [1.807, 2.05) is 0 Å². The highest BCUT2D eigenvalue weighted by molar-refractivity contribution is 5.01. The number of nitrogens with zero attached hydrogens (tertiary/aromatic N) is 1. The Balaban J connectivity index is 2.06. The molecule has 2 fully saturated rings. The summed E-state index contributed by atoms with van der Waals surface area (Å²) < 4.78 is 53.4. The molecule has 8 heteroatoms. The molecule has 0 bridgehead atoms. The molecule has 0 amide bonds. The summed E-state index contributed by atoms with van der Waals surface area (Å²) in [5.74, 6) is 0.192. The highest BCUT2D eigenvalue weighted by Crippen LogP contribution is 2.34. The maximum atomic E-state index is 14.6. The smallest absolute Gasteiger partial charge is 0.275 e. The van der Waals surface area contributed by atoms with E-state index in [-0.39, 0.29) is 19.1 Å². The maximum Gasteiger partial charge on any atom is 0.275 e. The van der Waals surface area contributed by atoms with Crippen LogP contribution in [0, 0.1) is 16.0 Å². The fourth-order valence-electron chi connectivity index (χ4n) is 3.49. The maximum absolute atomic E-state index is 14.6. The fourth-order valence-corrected chi connectivity index (χ4v) is 3.49. The lowest BCUT2D eigenvalue weighted by Gasteiger charge is -2.39. The summed E-state index contributed by atoms with van der Waals surface area (Å²) in [5.41, 5.74) is 0. The number of ether oxygens (including phenoxy) is 2. The van der Waals surface area contributed by atoms with Crippen LogP contribution in [0.5, 0.6) is 0 Å². The predicted octanol–water partition coefficient (Wildman–Crippen LogP) is 3.20. The van der Waals surface area contributed by atoms with Gasteiger partial charge >= 0.3 is 0 Å². The Bertz CT molecular complexity index is 434. The van der Waals surface area contributed by atoms with Gasteiger partial charge in [-0.15, -0.1) is 6.58 Å². The van der Waals surface area contributed by atoms with E-state index in [0.29, 0.717) is 0 Å². The van der Waals surface area contributed by atoms with E-state index in [9.17, 15) is 23.3 Å². The normalized spacial score (nSPS) is 38.0. The molecule has 0 saturated heterocycles. The van der Waals surface area contributed by atoms with Gasteiger partial charge in [0.05, 0.1) is 13.2 Å². The van der Waals surface area contributed by atoms with Crippen molar-refractivity contribution in [2.45, 2.75) is 68.9 Å². The minimum absolute atomic E-state index is 0.134. The van der Waals surface area contributed by atoms with E-state index in [1.165, 1.54) is 6.08 Å². The molecule has 5 nitrogen and oxygen atoms in total. The molecule has 0 aromatic heterocycles. The third-order valence-electron chi connectivity index (χ3n) is 4.81. The van der Waals surface area contributed by atoms with Crippen LogP contribution in [0.15, 0.2) is 12.7 Å². The molecule has 6 atom stereocenters. The van der Waals surface area contributed by atoms with Crippen LogP contribution < -0.4 is 0 Å². The fraction of sp³-hybridized carbons (Fsp3) is 0.875. The largest absolute Gasteiger partial charge is 0.372 e. The van der Waals surface area contributed by atoms with Crippen LogP contribution in [0.3, 0.4) is 0 Å². The highest BCUT2D eigenvalue weighted by Gasteiger charge is 2.59. The molecule has 0 heterocycles. The van der Waals surface area contributed by atoms with E-state index in [4.69, 9.17) is 9.47 Å². The third kappa shape index (κ3) is 4.27. The quantitative estimate of drug-likeness (QED) is 0.401. The number of nitro groups is 1. The van der Waals surface area contributed by atoms with Gasteiger partial charge in [-0.1, -0.05) is 25.3 Å². The first kappa shape index (κ1) is 19.2. The van der Waals surface area contributed by atoms with Crippen LogP contribution >= 0.6 is 0 Å². The second-order valence-electron chi connectivity index (χ2n) is 6.50. The van der Waals surface area contributed by atoms with Gasteiger partial charge in [0.15, 0.2) is 18.4 Å². The van der Waals surface area contributed by atoms with Gasteiger partial charge in [0.1, 0.15) is 6.10 Å². The summed E-state index contributed by atoms with van der Waals surface area (Å²) >= 11 is 0. The lowest BCUT2D eigenvalue weighted by Crippen LogP contribution is -2.63. The van der Waals surface area contributed by atoms with Crippen molar-refractivity contribution in [3.8, 4) is 0 Å². The van der Waals surface area contributed by atoms with Crippen LogP contribution in [0.1, 0.15) is 32.1 Å². The molecule has 6 unspecified atom stereocenters. The first-order valence-electron chi connectivity index (χ1n) is 8.37. The van der Waals surface area contributed by atoms with Gasteiger partial charge in [-0.2, -0.15) is 0 Å². The average molecular weight is 351 g/mol. The SMILES string of the molecule is C=CCOC1C(F)C(OCC2CCCCC2)C(F)C(F)C1[N+](=O)[O-]. The monoisotopic (exact) mass is 351 g/mol. The predicted molar refractivity (Wildman–Crippen MR) is 81.7 cm³/mol. The van der Waals surface area contributed by atoms with Crippen LogP contribution in [0.4, 0.5) is 13.2 Å². The Morgan fingerprint density at radius 1 is 1.04 bits per heavy atom. The third-order valence-corrected chi connectivity index (χ3v) is 4.81. The van der Waals surface area contributed by atoms with Gasteiger partial charge in [-0.3, -0.25) is 10.1 Å². The van der Waals surface area contributed by atoms with Crippen molar-refractivity contribution < 1.29 is 27.6 Å². The lowest BCUT2D eigenvalue weighted by atomic mass is 9.85. The van der Waals surface area contributed by atoms with Crippen molar-refractivity contribution >= 4 is 0 Å². The molecule has 2 aliphatic rings. The Morgan fingerprint density at radius 3 is 2.29 bits per heavy atom. The molecule has 0 spiro atoms. The van der Waals surface area contributed by atoms with Gasteiger partial charge in [-0.05, 0) is 18.8 Å². The van der Waals surface area contributed by atoms with Crippen molar-refractivity contribution in [3.63, 3.8) is 0 Å². The first-order chi connectivity index (χ1) is 11.5. The molecule has 0 radical (unpaired) electrons. The van der Waals surface area contributed by atoms with Crippen LogP contribution in [-0.4, -0.2) is 54.9 Å². The summed E-state index contributed by atoms with van der Waals surface area (Å²) in [5, 5.41) is 11.0. The molecule has 2 aliphatic carbocycles. The number of hydrogen-bond acceptors (Lipinski definition) is 4. The molecule has 0 aromatic carbocycles. The van der Waals surface area contributed by atoms with Gasteiger partial charge in [0.25, 0.3) is 6.04 Å². The summed E-state index contributed by atoms with van der Waals surface area (Å²) in [6.07, 6.45) is -4.05. The van der Waals surface area contributed by atoms with Gasteiger partial charge < -0.3 is 9.47 Å². The topological polar surface area (TPSA) is 61.6 Å². The summed E-state index contributed by atoms with van der Waals surface area (Å²) in [6.45, 7) is 3.32. The molecule has 24 heavy (non-hydrogen) atoms. The second-order valence-corrected chi connectivity index (χ2v) is 6.50. The van der Waals surface area contributed by atoms with E-state index < -0.39 is 41.7 Å². The van der Waals surface area contributed by atoms with Crippen molar-refractivity contribution in [1.29, 1.82) is 0 Å². The minimum atomic E-state index is -2.47. The number of halogens is 3. The van der Waals surface area contributed by atoms with E-state index in [0.717, 1.165) is 32.1 Å². The molecule has 2 saturated carbocycles. The second kappa shape index (κ2) is 8.80. The van der Waals surface area contributed by atoms with Crippen molar-refractivity contribution in [2.24, 2.45) is 5.92 Å². The summed E-state index contributed by atoms with van der Waals surface area (Å²) in [6, 6.07) is -2.09. The van der Waals surface area contributed by atoms with Crippen molar-refractivity contribution in [1.82, 2.24) is 0 Å². The Morgan fingerprint density at radius 2 is 1.71 bits per heavy atom. The van der Waals surface area contributed by atoms with Crippen molar-refractivity contribution in [3.05, 3.63) is 22.8 Å².